The van der Waals surface area contributed by atoms with Crippen molar-refractivity contribution in [2.45, 2.75) is 0 Å². The van der Waals surface area contributed by atoms with Gasteiger partial charge in [-0.2, -0.15) is 0 Å². The maximum Gasteiger partial charge on any atom is 0.255 e. The monoisotopic (exact) mass is 339 g/mol. The van der Waals surface area contributed by atoms with E-state index in [-0.39, 0.29) is 5.91 Å². The zero-order chi connectivity index (χ0) is 12.3. The van der Waals surface area contributed by atoms with Crippen molar-refractivity contribution in [1.82, 2.24) is 4.98 Å². The minimum atomic E-state index is -0.194. The van der Waals surface area contributed by atoms with Crippen LogP contribution < -0.4 is 11.1 Å². The molecule has 2 rings (SSSR count). The van der Waals surface area contributed by atoms with Crippen LogP contribution in [0.1, 0.15) is 10.4 Å². The third kappa shape index (κ3) is 3.16. The van der Waals surface area contributed by atoms with E-state index in [1.807, 2.05) is 24.3 Å². The van der Waals surface area contributed by atoms with Crippen molar-refractivity contribution in [3.8, 4) is 0 Å². The van der Waals surface area contributed by atoms with Gasteiger partial charge in [-0.3, -0.25) is 4.79 Å². The molecule has 0 saturated heterocycles. The third-order valence-corrected chi connectivity index (χ3v) is 2.86. The summed E-state index contributed by atoms with van der Waals surface area (Å²) in [6, 6.07) is 10.7. The molecule has 1 aromatic heterocycles. The van der Waals surface area contributed by atoms with E-state index in [1.54, 1.807) is 12.1 Å². The molecule has 3 N–H and O–H groups in total. The number of hydrogen-bond acceptors (Lipinski definition) is 3. The van der Waals surface area contributed by atoms with E-state index in [0.29, 0.717) is 11.4 Å². The van der Waals surface area contributed by atoms with Crippen molar-refractivity contribution in [3.63, 3.8) is 0 Å². The van der Waals surface area contributed by atoms with Gasteiger partial charge < -0.3 is 11.1 Å². The van der Waals surface area contributed by atoms with Gasteiger partial charge in [-0.15, -0.1) is 0 Å². The Balaban J connectivity index is 2.14. The number of anilines is 2. The summed E-state index contributed by atoms with van der Waals surface area (Å²) >= 11 is 2.21. The number of carbonyl (C=O) groups excluding carboxylic acids is 1. The van der Waals surface area contributed by atoms with Crippen LogP contribution in [-0.2, 0) is 0 Å². The molecule has 0 bridgehead atoms. The SMILES string of the molecule is Nc1cc(C(=O)Nc2ccc(I)cc2)ccn1. The summed E-state index contributed by atoms with van der Waals surface area (Å²) in [5, 5.41) is 2.79. The number of benzene rings is 1. The molecule has 0 spiro atoms. The maximum atomic E-state index is 11.9. The van der Waals surface area contributed by atoms with E-state index in [0.717, 1.165) is 9.26 Å². The summed E-state index contributed by atoms with van der Waals surface area (Å²) in [4.78, 5) is 15.7. The molecule has 0 atom stereocenters. The van der Waals surface area contributed by atoms with Crippen LogP contribution in [0.2, 0.25) is 0 Å². The van der Waals surface area contributed by atoms with E-state index in [1.165, 1.54) is 6.20 Å². The Bertz CT molecular complexity index is 540. The molecule has 0 aliphatic heterocycles. The Labute approximate surface area is 112 Å². The molecule has 0 aliphatic rings. The fourth-order valence-corrected chi connectivity index (χ4v) is 1.69. The van der Waals surface area contributed by atoms with Gasteiger partial charge in [0, 0.05) is 21.0 Å². The van der Waals surface area contributed by atoms with Gasteiger partial charge in [-0.05, 0) is 59.0 Å². The number of nitrogens with one attached hydrogen (secondary N) is 1. The first kappa shape index (κ1) is 11.8. The fraction of sp³-hybridized carbons (Fsp3) is 0. The highest BCUT2D eigenvalue weighted by molar-refractivity contribution is 14.1. The quantitative estimate of drug-likeness (QED) is 0.827. The topological polar surface area (TPSA) is 68.0 Å². The van der Waals surface area contributed by atoms with Gasteiger partial charge in [0.15, 0.2) is 0 Å². The average Bonchev–Trinajstić information content (AvgIpc) is 2.32. The Morgan fingerprint density at radius 2 is 1.94 bits per heavy atom. The van der Waals surface area contributed by atoms with Crippen LogP contribution in [0.5, 0.6) is 0 Å². The highest BCUT2D eigenvalue weighted by Crippen LogP contribution is 2.13. The second-order valence-electron chi connectivity index (χ2n) is 3.43. The lowest BCUT2D eigenvalue weighted by Gasteiger charge is -2.05. The number of carbonyl (C=O) groups is 1. The molecule has 17 heavy (non-hydrogen) atoms. The largest absolute Gasteiger partial charge is 0.384 e. The first-order chi connectivity index (χ1) is 8.15. The molecule has 1 aromatic carbocycles. The molecule has 1 amide bonds. The number of hydrogen-bond donors (Lipinski definition) is 2. The van der Waals surface area contributed by atoms with Gasteiger partial charge in [-0.25, -0.2) is 4.98 Å². The molecular weight excluding hydrogens is 329 g/mol. The Kier molecular flexibility index (Phi) is 3.58. The Morgan fingerprint density at radius 1 is 1.24 bits per heavy atom. The minimum Gasteiger partial charge on any atom is -0.384 e. The lowest BCUT2D eigenvalue weighted by atomic mass is 10.2. The summed E-state index contributed by atoms with van der Waals surface area (Å²) in [6.07, 6.45) is 1.51. The van der Waals surface area contributed by atoms with Crippen molar-refractivity contribution in [2.24, 2.45) is 0 Å². The second-order valence-corrected chi connectivity index (χ2v) is 4.68. The Hall–Kier alpha value is -1.63. The van der Waals surface area contributed by atoms with E-state index in [2.05, 4.69) is 32.9 Å². The lowest BCUT2D eigenvalue weighted by molar-refractivity contribution is 0.102. The van der Waals surface area contributed by atoms with Crippen molar-refractivity contribution < 1.29 is 4.79 Å². The standard InChI is InChI=1S/C12H10IN3O/c13-9-1-3-10(4-2-9)16-12(17)8-5-6-15-11(14)7-8/h1-7H,(H2,14,15)(H,16,17). The molecule has 0 saturated carbocycles. The number of halogens is 1. The normalized spacial score (nSPS) is 9.94. The zero-order valence-electron chi connectivity index (χ0n) is 8.85. The van der Waals surface area contributed by atoms with Crippen molar-refractivity contribution in [1.29, 1.82) is 0 Å². The van der Waals surface area contributed by atoms with Crippen LogP contribution >= 0.6 is 22.6 Å². The fourth-order valence-electron chi connectivity index (χ4n) is 1.33. The number of nitrogens with two attached hydrogens (primary N) is 1. The van der Waals surface area contributed by atoms with E-state index >= 15 is 0 Å². The smallest absolute Gasteiger partial charge is 0.255 e. The molecular formula is C12H10IN3O. The third-order valence-electron chi connectivity index (χ3n) is 2.15. The van der Waals surface area contributed by atoms with E-state index in [9.17, 15) is 4.79 Å². The molecule has 0 unspecified atom stereocenters. The number of aromatic nitrogens is 1. The van der Waals surface area contributed by atoms with Crippen molar-refractivity contribution in [3.05, 3.63) is 51.7 Å². The van der Waals surface area contributed by atoms with E-state index in [4.69, 9.17) is 5.73 Å². The molecule has 5 heteroatoms. The molecule has 0 fully saturated rings. The van der Waals surface area contributed by atoms with Gasteiger partial charge in [0.2, 0.25) is 0 Å². The van der Waals surface area contributed by atoms with Gasteiger partial charge in [-0.1, -0.05) is 0 Å². The molecule has 1 heterocycles. The summed E-state index contributed by atoms with van der Waals surface area (Å²) in [5.74, 6) is 0.139. The predicted molar refractivity (Wildman–Crippen MR) is 75.8 cm³/mol. The Morgan fingerprint density at radius 3 is 2.59 bits per heavy atom. The number of nitrogen functional groups attached to an aromatic ring is 1. The van der Waals surface area contributed by atoms with E-state index < -0.39 is 0 Å². The molecule has 2 aromatic rings. The first-order valence-corrected chi connectivity index (χ1v) is 6.01. The number of amides is 1. The summed E-state index contributed by atoms with van der Waals surface area (Å²) in [6.45, 7) is 0. The number of pyridine rings is 1. The second kappa shape index (κ2) is 5.13. The summed E-state index contributed by atoms with van der Waals surface area (Å²) in [5.41, 5.74) is 6.77. The maximum absolute atomic E-state index is 11.9. The van der Waals surface area contributed by atoms with Crippen molar-refractivity contribution >= 4 is 40.0 Å². The minimum absolute atomic E-state index is 0.194. The van der Waals surface area contributed by atoms with Crippen LogP contribution in [0, 0.1) is 3.57 Å². The van der Waals surface area contributed by atoms with Gasteiger partial charge in [0.05, 0.1) is 0 Å². The lowest BCUT2D eigenvalue weighted by Crippen LogP contribution is -2.12. The molecule has 86 valence electrons. The highest BCUT2D eigenvalue weighted by atomic mass is 127. The molecule has 4 nitrogen and oxygen atoms in total. The van der Waals surface area contributed by atoms with Gasteiger partial charge in [0.1, 0.15) is 5.82 Å². The van der Waals surface area contributed by atoms with Gasteiger partial charge >= 0.3 is 0 Å². The molecule has 0 radical (unpaired) electrons. The molecule has 0 aliphatic carbocycles. The predicted octanol–water partition coefficient (Wildman–Crippen LogP) is 2.52. The number of nitrogens with zero attached hydrogens (tertiary/aromatic N) is 1. The van der Waals surface area contributed by atoms with Crippen LogP contribution in [0.25, 0.3) is 0 Å². The number of rotatable bonds is 2. The summed E-state index contributed by atoms with van der Waals surface area (Å²) < 4.78 is 1.12. The van der Waals surface area contributed by atoms with Crippen LogP contribution in [-0.4, -0.2) is 10.9 Å². The van der Waals surface area contributed by atoms with Crippen LogP contribution in [0.3, 0.4) is 0 Å². The average molecular weight is 339 g/mol. The van der Waals surface area contributed by atoms with Crippen molar-refractivity contribution in [2.75, 3.05) is 11.1 Å². The first-order valence-electron chi connectivity index (χ1n) is 4.93. The zero-order valence-corrected chi connectivity index (χ0v) is 11.0. The summed E-state index contributed by atoms with van der Waals surface area (Å²) in [7, 11) is 0. The van der Waals surface area contributed by atoms with Crippen LogP contribution in [0.15, 0.2) is 42.6 Å². The van der Waals surface area contributed by atoms with Gasteiger partial charge in [0.25, 0.3) is 5.91 Å². The highest BCUT2D eigenvalue weighted by Gasteiger charge is 2.06. The van der Waals surface area contributed by atoms with Crippen LogP contribution in [0.4, 0.5) is 11.5 Å².